The minimum atomic E-state index is -2.30. The van der Waals surface area contributed by atoms with Gasteiger partial charge in [-0.2, -0.15) is 0 Å². The lowest BCUT2D eigenvalue weighted by molar-refractivity contribution is -0.399. The van der Waals surface area contributed by atoms with E-state index in [1.165, 1.54) is 0 Å². The van der Waals surface area contributed by atoms with Gasteiger partial charge < -0.3 is 174 Å². The predicted molar refractivity (Wildman–Crippen MR) is 228 cm³/mol. The Balaban J connectivity index is 1.08. The Labute approximate surface area is 434 Å². The van der Waals surface area contributed by atoms with Gasteiger partial charge in [-0.1, -0.05) is 0 Å². The quantitative estimate of drug-likeness (QED) is 0.0913. The first-order valence-electron chi connectivity index (χ1n) is 24.6. The molecule has 8 heterocycles. The van der Waals surface area contributed by atoms with Crippen LogP contribution in [0.1, 0.15) is 0 Å². The van der Waals surface area contributed by atoms with Crippen LogP contribution in [-0.2, 0) is 66.3 Å². The van der Waals surface area contributed by atoms with Crippen LogP contribution in [0.15, 0.2) is 0 Å². The molecule has 8 aliphatic rings. The fourth-order valence-corrected chi connectivity index (χ4v) is 10.1. The molecule has 8 bridgehead atoms. The van der Waals surface area contributed by atoms with E-state index in [9.17, 15) is 107 Å². The SMILES string of the molecule is OC[C@H]1O[C@H](OC[C@H]2O[C@H](O[C@H]3[C@H](O)[C@@H]4O[C@@H]5[C@@H](O)[C@@H](OC[C@H]6O[C@H](O[C@@H]7[C@@H](O)[C@@H](OC[C@H](O4)[C@@H]3O)O[C@H](CO)[C@H]7O)[C@H](O)[C@@H](O)[C@@H]6O[C@H]3O[C@H](CO)[C@@H](O)[C@H](O)[C@H]3O)O[C@H](CO)[C@H]5O)[C@H](O)[C@@H](O)[C@@H]2O)[C@H](O)[C@@H](O)[C@@H]1O. The Kier molecular flexibility index (Phi) is 20.8. The van der Waals surface area contributed by atoms with Crippen LogP contribution >= 0.6 is 0 Å². The molecule has 8 aliphatic heterocycles. The van der Waals surface area contributed by atoms with Crippen molar-refractivity contribution in [1.29, 1.82) is 0 Å². The first-order valence-corrected chi connectivity index (χ1v) is 24.6. The molecule has 21 N–H and O–H groups in total. The average Bonchev–Trinajstić information content (AvgIpc) is 3.42. The normalized spacial score (nSPS) is 55.2. The molecule has 0 spiro atoms. The maximum Gasteiger partial charge on any atom is 0.187 e. The summed E-state index contributed by atoms with van der Waals surface area (Å²) >= 11 is 0. The van der Waals surface area contributed by atoms with E-state index in [4.69, 9.17) is 66.3 Å². The van der Waals surface area contributed by atoms with Gasteiger partial charge in [0.05, 0.1) is 46.2 Å². The second kappa shape index (κ2) is 26.0. The molecule has 0 aliphatic carbocycles. The Morgan fingerprint density at radius 1 is 0.286 bits per heavy atom. The fraction of sp³-hybridized carbons (Fsp3) is 1.00. The van der Waals surface area contributed by atoms with Crippen molar-refractivity contribution in [2.75, 3.05) is 46.2 Å². The van der Waals surface area contributed by atoms with Crippen molar-refractivity contribution in [3.8, 4) is 0 Å². The molecule has 8 saturated heterocycles. The van der Waals surface area contributed by atoms with Gasteiger partial charge in [0, 0.05) is 0 Å². The van der Waals surface area contributed by atoms with Gasteiger partial charge in [-0.15, -0.1) is 0 Å². The zero-order valence-electron chi connectivity index (χ0n) is 40.3. The molecule has 0 aromatic heterocycles. The van der Waals surface area contributed by atoms with Crippen LogP contribution in [-0.4, -0.2) is 368 Å². The smallest absolute Gasteiger partial charge is 0.187 e. The van der Waals surface area contributed by atoms with Crippen LogP contribution in [0.3, 0.4) is 0 Å². The molecule has 35 nitrogen and oxygen atoms in total. The van der Waals surface area contributed by atoms with Crippen LogP contribution in [0.4, 0.5) is 0 Å². The van der Waals surface area contributed by atoms with E-state index in [1.54, 1.807) is 0 Å². The number of aliphatic hydroxyl groups excluding tert-OH is 21. The molecule has 448 valence electrons. The summed E-state index contributed by atoms with van der Waals surface area (Å²) in [4.78, 5) is 0. The maximum absolute atomic E-state index is 11.9. The van der Waals surface area contributed by atoms with Crippen LogP contribution in [0.25, 0.3) is 0 Å². The van der Waals surface area contributed by atoms with Gasteiger partial charge in [-0.3, -0.25) is 0 Å². The molecule has 0 saturated carbocycles. The summed E-state index contributed by atoms with van der Waals surface area (Å²) in [6, 6.07) is 0. The van der Waals surface area contributed by atoms with Crippen LogP contribution in [0, 0.1) is 0 Å². The van der Waals surface area contributed by atoms with Crippen molar-refractivity contribution in [2.24, 2.45) is 0 Å². The van der Waals surface area contributed by atoms with Crippen molar-refractivity contribution in [3.63, 3.8) is 0 Å². The third-order valence-corrected chi connectivity index (χ3v) is 14.7. The number of aliphatic hydroxyl groups is 21. The summed E-state index contributed by atoms with van der Waals surface area (Å²) < 4.78 is 80.0. The highest BCUT2D eigenvalue weighted by Crippen LogP contribution is 2.37. The molecule has 77 heavy (non-hydrogen) atoms. The topological polar surface area (TPSA) is 554 Å². The molecule has 8 fully saturated rings. The zero-order valence-corrected chi connectivity index (χ0v) is 40.3. The van der Waals surface area contributed by atoms with Crippen LogP contribution in [0.5, 0.6) is 0 Å². The molecular formula is C42H70O35. The van der Waals surface area contributed by atoms with Gasteiger partial charge in [0.2, 0.25) is 0 Å². The van der Waals surface area contributed by atoms with Gasteiger partial charge >= 0.3 is 0 Å². The van der Waals surface area contributed by atoms with E-state index < -0.39 is 261 Å². The van der Waals surface area contributed by atoms with Crippen molar-refractivity contribution in [2.45, 2.75) is 215 Å². The van der Waals surface area contributed by atoms with Gasteiger partial charge in [0.1, 0.15) is 171 Å². The molecule has 0 unspecified atom stereocenters. The van der Waals surface area contributed by atoms with Gasteiger partial charge in [-0.05, 0) is 0 Å². The summed E-state index contributed by atoms with van der Waals surface area (Å²) in [7, 11) is 0. The first kappa shape index (κ1) is 61.7. The van der Waals surface area contributed by atoms with E-state index in [0.29, 0.717) is 0 Å². The second-order valence-electron chi connectivity index (χ2n) is 19.8. The highest BCUT2D eigenvalue weighted by Gasteiger charge is 2.58. The van der Waals surface area contributed by atoms with Crippen LogP contribution < -0.4 is 0 Å². The number of rotatable bonds is 11. The second-order valence-corrected chi connectivity index (χ2v) is 19.8. The summed E-state index contributed by atoms with van der Waals surface area (Å²) in [6.45, 7) is -6.47. The average molecular weight is 1130 g/mol. The number of hydrogen-bond acceptors (Lipinski definition) is 35. The van der Waals surface area contributed by atoms with Crippen molar-refractivity contribution in [3.05, 3.63) is 0 Å². The molecule has 0 aromatic rings. The third kappa shape index (κ3) is 12.5. The summed E-state index contributed by atoms with van der Waals surface area (Å²) in [6.07, 6.45) is -69.0. The lowest BCUT2D eigenvalue weighted by atomic mass is 9.95. The van der Waals surface area contributed by atoms with E-state index in [1.807, 2.05) is 0 Å². The molecular weight excluding hydrogens is 1060 g/mol. The maximum atomic E-state index is 11.9. The predicted octanol–water partition coefficient (Wildman–Crippen LogP) is -15.2. The Morgan fingerprint density at radius 2 is 0.675 bits per heavy atom. The van der Waals surface area contributed by atoms with Gasteiger partial charge in [0.15, 0.2) is 44.0 Å². The summed E-state index contributed by atoms with van der Waals surface area (Å²) in [5.74, 6) is 0. The van der Waals surface area contributed by atoms with Crippen molar-refractivity contribution in [1.82, 2.24) is 0 Å². The highest BCUT2D eigenvalue weighted by atomic mass is 16.8. The molecule has 0 aromatic carbocycles. The Hall–Kier alpha value is -1.40. The standard InChI is InChI=1S/C42H70O35/c43-1-8-15(47)21(53)25(57)36(67-8)64-5-12-17(49)23(55)27(59)40(71-12)76-35-20(52)13-6-65-37-29(61)33(18(50)10(3-45)68-37)75-41-28(60)24(56)32(74-39-26(58)22(54)16(48)9(2-44)70-39)14(73-41)7-66-38-30(62)34(19(51)11(4-46)69-38)77-42(72-13)31(35)63/h8-63H,1-7H2/t8-,9-,10-,11-,12-,13+,14-,15-,16-,17-,18-,19-,20+,21+,22+,23+,24-,25-,26-,27-,28-,29-,30-,31+,32-,33+,34+,35-,36+,37+,38+,39-,40-,41-,42+/m1/s1. The number of ether oxygens (including phenoxy) is 14. The van der Waals surface area contributed by atoms with Crippen LogP contribution in [0.2, 0.25) is 0 Å². The zero-order chi connectivity index (χ0) is 56.1. The molecule has 8 rings (SSSR count). The van der Waals surface area contributed by atoms with Crippen molar-refractivity contribution >= 4 is 0 Å². The Bertz CT molecular complexity index is 1830. The van der Waals surface area contributed by atoms with Crippen molar-refractivity contribution < 1.29 is 174 Å². The third-order valence-electron chi connectivity index (χ3n) is 14.7. The highest BCUT2D eigenvalue weighted by molar-refractivity contribution is 5.00. The fourth-order valence-electron chi connectivity index (χ4n) is 10.1. The molecule has 35 heteroatoms. The molecule has 0 amide bonds. The summed E-state index contributed by atoms with van der Waals surface area (Å²) in [5, 5.41) is 228. The first-order chi connectivity index (χ1) is 36.5. The summed E-state index contributed by atoms with van der Waals surface area (Å²) in [5.41, 5.74) is 0. The lowest BCUT2D eigenvalue weighted by Gasteiger charge is -2.50. The van der Waals surface area contributed by atoms with Gasteiger partial charge in [0.25, 0.3) is 0 Å². The largest absolute Gasteiger partial charge is 0.394 e. The van der Waals surface area contributed by atoms with Gasteiger partial charge in [-0.25, -0.2) is 0 Å². The minimum absolute atomic E-state index is 0.832. The minimum Gasteiger partial charge on any atom is -0.394 e. The number of hydrogen-bond donors (Lipinski definition) is 21. The Morgan fingerprint density at radius 3 is 1.17 bits per heavy atom. The number of fused-ring (bicyclic) bond motifs is 8. The lowest BCUT2D eigenvalue weighted by Crippen LogP contribution is -2.68. The van der Waals surface area contributed by atoms with E-state index in [0.717, 1.165) is 0 Å². The van der Waals surface area contributed by atoms with E-state index in [-0.39, 0.29) is 0 Å². The molecule has 35 atom stereocenters. The van der Waals surface area contributed by atoms with E-state index in [2.05, 4.69) is 0 Å². The monoisotopic (exact) mass is 1130 g/mol. The molecule has 0 radical (unpaired) electrons. The van der Waals surface area contributed by atoms with E-state index >= 15 is 0 Å².